The first-order valence-corrected chi connectivity index (χ1v) is 10.1. The van der Waals surface area contributed by atoms with Crippen LogP contribution in [0.5, 0.6) is 0 Å². The maximum absolute atomic E-state index is 4.83. The number of aromatic nitrogens is 1. The molecular formula is C27H24N2. The molecule has 0 saturated carbocycles. The molecule has 0 fully saturated rings. The highest BCUT2D eigenvalue weighted by molar-refractivity contribution is 5.87. The van der Waals surface area contributed by atoms with Crippen LogP contribution in [-0.4, -0.2) is 4.98 Å². The minimum Gasteiger partial charge on any atom is -0.308 e. The summed E-state index contributed by atoms with van der Waals surface area (Å²) in [6.07, 6.45) is 2.02. The van der Waals surface area contributed by atoms with Gasteiger partial charge in [-0.05, 0) is 41.8 Å². The van der Waals surface area contributed by atoms with Crippen LogP contribution in [0.15, 0.2) is 91.1 Å². The fourth-order valence-corrected chi connectivity index (χ4v) is 4.48. The standard InChI is InChI=1S/C27H24N2/c1-19-17-23(20-11-5-4-6-12-20)28-18-26(19)29-24-15-9-7-13-21(24)27(2,3)22-14-8-10-16-25(22)29/h4-18H,1-3H3. The predicted molar refractivity (Wildman–Crippen MR) is 121 cm³/mol. The summed E-state index contributed by atoms with van der Waals surface area (Å²) in [5, 5.41) is 0. The maximum Gasteiger partial charge on any atom is 0.0706 e. The Morgan fingerprint density at radius 1 is 0.690 bits per heavy atom. The minimum absolute atomic E-state index is 0.0466. The summed E-state index contributed by atoms with van der Waals surface area (Å²) in [5.41, 5.74) is 9.57. The van der Waals surface area contributed by atoms with Gasteiger partial charge in [0.25, 0.3) is 0 Å². The van der Waals surface area contributed by atoms with Crippen molar-refractivity contribution >= 4 is 17.1 Å². The number of anilines is 3. The first kappa shape index (κ1) is 17.7. The van der Waals surface area contributed by atoms with E-state index in [-0.39, 0.29) is 5.41 Å². The number of aryl methyl sites for hydroxylation is 1. The molecule has 0 N–H and O–H groups in total. The van der Waals surface area contributed by atoms with Gasteiger partial charge in [-0.2, -0.15) is 0 Å². The number of benzene rings is 3. The number of fused-ring (bicyclic) bond motifs is 2. The third kappa shape index (κ3) is 2.75. The molecule has 2 heteroatoms. The zero-order valence-electron chi connectivity index (χ0n) is 17.1. The third-order valence-corrected chi connectivity index (χ3v) is 6.03. The van der Waals surface area contributed by atoms with E-state index in [9.17, 15) is 0 Å². The Kier molecular flexibility index (Phi) is 4.02. The van der Waals surface area contributed by atoms with Gasteiger partial charge in [-0.3, -0.25) is 4.98 Å². The second-order valence-corrected chi connectivity index (χ2v) is 8.22. The van der Waals surface area contributed by atoms with Gasteiger partial charge >= 0.3 is 0 Å². The average Bonchev–Trinajstić information content (AvgIpc) is 2.76. The molecule has 142 valence electrons. The molecule has 5 rings (SSSR count). The topological polar surface area (TPSA) is 16.1 Å². The van der Waals surface area contributed by atoms with Crippen LogP contribution in [0.2, 0.25) is 0 Å². The highest BCUT2D eigenvalue weighted by atomic mass is 15.2. The van der Waals surface area contributed by atoms with E-state index >= 15 is 0 Å². The Morgan fingerprint density at radius 2 is 1.24 bits per heavy atom. The normalized spacial score (nSPS) is 14.2. The van der Waals surface area contributed by atoms with Crippen molar-refractivity contribution in [2.45, 2.75) is 26.2 Å². The Morgan fingerprint density at radius 3 is 1.83 bits per heavy atom. The van der Waals surface area contributed by atoms with Crippen LogP contribution in [0.3, 0.4) is 0 Å². The monoisotopic (exact) mass is 376 g/mol. The molecular weight excluding hydrogens is 352 g/mol. The number of hydrogen-bond acceptors (Lipinski definition) is 2. The number of pyridine rings is 1. The van der Waals surface area contributed by atoms with Crippen molar-refractivity contribution in [3.05, 3.63) is 108 Å². The van der Waals surface area contributed by atoms with Crippen molar-refractivity contribution in [1.82, 2.24) is 4.98 Å². The summed E-state index contributed by atoms with van der Waals surface area (Å²) in [6, 6.07) is 30.0. The van der Waals surface area contributed by atoms with E-state index in [1.54, 1.807) is 0 Å². The second kappa shape index (κ2) is 6.59. The van der Waals surface area contributed by atoms with Crippen LogP contribution < -0.4 is 4.90 Å². The summed E-state index contributed by atoms with van der Waals surface area (Å²) in [4.78, 5) is 7.19. The molecule has 1 aliphatic heterocycles. The average molecular weight is 377 g/mol. The van der Waals surface area contributed by atoms with Gasteiger partial charge in [0.2, 0.25) is 0 Å². The molecule has 0 unspecified atom stereocenters. The Hall–Kier alpha value is -3.39. The quantitative estimate of drug-likeness (QED) is 0.369. The van der Waals surface area contributed by atoms with E-state index < -0.39 is 0 Å². The summed E-state index contributed by atoms with van der Waals surface area (Å²) in [7, 11) is 0. The van der Waals surface area contributed by atoms with Crippen LogP contribution in [0.25, 0.3) is 11.3 Å². The molecule has 1 aliphatic rings. The minimum atomic E-state index is -0.0466. The largest absolute Gasteiger partial charge is 0.308 e. The van der Waals surface area contributed by atoms with Crippen molar-refractivity contribution in [3.63, 3.8) is 0 Å². The zero-order chi connectivity index (χ0) is 20.0. The van der Waals surface area contributed by atoms with Crippen LogP contribution in [0.4, 0.5) is 17.1 Å². The molecule has 2 heterocycles. The van der Waals surface area contributed by atoms with E-state index in [1.807, 2.05) is 12.3 Å². The lowest BCUT2D eigenvalue weighted by molar-refractivity contribution is 0.631. The van der Waals surface area contributed by atoms with E-state index in [1.165, 1.54) is 28.1 Å². The molecule has 2 nitrogen and oxygen atoms in total. The molecule has 4 aromatic rings. The molecule has 0 bridgehead atoms. The lowest BCUT2D eigenvalue weighted by Crippen LogP contribution is -2.30. The smallest absolute Gasteiger partial charge is 0.0706 e. The fraction of sp³-hybridized carbons (Fsp3) is 0.148. The molecule has 0 saturated heterocycles. The molecule has 29 heavy (non-hydrogen) atoms. The van der Waals surface area contributed by atoms with Gasteiger partial charge in [-0.15, -0.1) is 0 Å². The van der Waals surface area contributed by atoms with E-state index in [0.717, 1.165) is 16.9 Å². The molecule has 0 atom stereocenters. The number of rotatable bonds is 2. The molecule has 0 amide bonds. The summed E-state index contributed by atoms with van der Waals surface area (Å²) in [5.74, 6) is 0. The van der Waals surface area contributed by atoms with Gasteiger partial charge in [0.05, 0.1) is 29.0 Å². The van der Waals surface area contributed by atoms with Gasteiger partial charge in [0, 0.05) is 11.0 Å². The fourth-order valence-electron chi connectivity index (χ4n) is 4.48. The number of hydrogen-bond donors (Lipinski definition) is 0. The van der Waals surface area contributed by atoms with Gasteiger partial charge in [0.1, 0.15) is 0 Å². The SMILES string of the molecule is Cc1cc(-c2ccccc2)ncc1N1c2ccccc2C(C)(C)c2ccccc21. The van der Waals surface area contributed by atoms with Crippen molar-refractivity contribution in [3.8, 4) is 11.3 Å². The molecule has 3 aromatic carbocycles. The first-order valence-electron chi connectivity index (χ1n) is 10.1. The molecule has 0 spiro atoms. The Labute approximate surface area is 172 Å². The number of para-hydroxylation sites is 2. The van der Waals surface area contributed by atoms with Crippen molar-refractivity contribution in [2.24, 2.45) is 0 Å². The van der Waals surface area contributed by atoms with E-state index in [4.69, 9.17) is 4.98 Å². The zero-order valence-corrected chi connectivity index (χ0v) is 17.1. The van der Waals surface area contributed by atoms with E-state index in [2.05, 4.69) is 105 Å². The predicted octanol–water partition coefficient (Wildman–Crippen LogP) is 7.17. The Balaban J connectivity index is 1.71. The maximum atomic E-state index is 4.83. The lowest BCUT2D eigenvalue weighted by Gasteiger charge is -2.42. The van der Waals surface area contributed by atoms with Crippen LogP contribution in [-0.2, 0) is 5.41 Å². The van der Waals surface area contributed by atoms with Gasteiger partial charge < -0.3 is 4.90 Å². The van der Waals surface area contributed by atoms with Crippen molar-refractivity contribution in [2.75, 3.05) is 4.90 Å². The van der Waals surface area contributed by atoms with E-state index in [0.29, 0.717) is 0 Å². The van der Waals surface area contributed by atoms with Gasteiger partial charge in [-0.1, -0.05) is 80.6 Å². The molecule has 0 aliphatic carbocycles. The molecule has 0 radical (unpaired) electrons. The van der Waals surface area contributed by atoms with Gasteiger partial charge in [-0.25, -0.2) is 0 Å². The van der Waals surface area contributed by atoms with Crippen molar-refractivity contribution < 1.29 is 0 Å². The second-order valence-electron chi connectivity index (χ2n) is 8.22. The summed E-state index contributed by atoms with van der Waals surface area (Å²) < 4.78 is 0. The van der Waals surface area contributed by atoms with Crippen LogP contribution >= 0.6 is 0 Å². The van der Waals surface area contributed by atoms with Crippen LogP contribution in [0, 0.1) is 6.92 Å². The number of nitrogens with zero attached hydrogens (tertiary/aromatic N) is 2. The highest BCUT2D eigenvalue weighted by Gasteiger charge is 2.36. The highest BCUT2D eigenvalue weighted by Crippen LogP contribution is 2.52. The summed E-state index contributed by atoms with van der Waals surface area (Å²) in [6.45, 7) is 6.80. The Bertz CT molecular complexity index is 1140. The first-order chi connectivity index (χ1) is 14.1. The summed E-state index contributed by atoms with van der Waals surface area (Å²) >= 11 is 0. The van der Waals surface area contributed by atoms with Crippen LogP contribution in [0.1, 0.15) is 30.5 Å². The lowest BCUT2D eigenvalue weighted by atomic mass is 9.73. The van der Waals surface area contributed by atoms with Crippen molar-refractivity contribution in [1.29, 1.82) is 0 Å². The molecule has 1 aromatic heterocycles. The van der Waals surface area contributed by atoms with Gasteiger partial charge in [0.15, 0.2) is 0 Å². The third-order valence-electron chi connectivity index (χ3n) is 6.03.